The molecule has 2 rings (SSSR count). The maximum atomic E-state index is 11.7. The molecule has 7 heteroatoms. The Hall–Kier alpha value is -3.27. The number of ether oxygens (including phenoxy) is 1. The number of anilines is 1. The van der Waals surface area contributed by atoms with Gasteiger partial charge in [-0.3, -0.25) is 4.79 Å². The van der Waals surface area contributed by atoms with E-state index < -0.39 is 11.4 Å². The standard InChI is InChI=1S/C14H12N4O3/c1-21-10-4-2-9(3-5-10)8-17-18-13(19)6-12(16)11(7-15)14(18)20/h2-6,8,20H,16H2,1H3/b17-8+. The number of nitriles is 1. The zero-order valence-corrected chi connectivity index (χ0v) is 11.1. The predicted molar refractivity (Wildman–Crippen MR) is 77.5 cm³/mol. The molecule has 2 aromatic rings. The van der Waals surface area contributed by atoms with Crippen LogP contribution in [0.2, 0.25) is 0 Å². The lowest BCUT2D eigenvalue weighted by Crippen LogP contribution is -2.17. The van der Waals surface area contributed by atoms with Crippen LogP contribution in [0.4, 0.5) is 5.69 Å². The monoisotopic (exact) mass is 284 g/mol. The number of nitrogens with zero attached hydrogens (tertiary/aromatic N) is 3. The molecular weight excluding hydrogens is 272 g/mol. The molecule has 0 aliphatic carbocycles. The van der Waals surface area contributed by atoms with Gasteiger partial charge in [-0.2, -0.15) is 15.0 Å². The third-order valence-electron chi connectivity index (χ3n) is 2.75. The summed E-state index contributed by atoms with van der Waals surface area (Å²) < 4.78 is 5.73. The van der Waals surface area contributed by atoms with Crippen LogP contribution in [0.1, 0.15) is 11.1 Å². The molecule has 21 heavy (non-hydrogen) atoms. The van der Waals surface area contributed by atoms with Gasteiger partial charge in [-0.1, -0.05) is 0 Å². The van der Waals surface area contributed by atoms with Crippen LogP contribution in [0.25, 0.3) is 0 Å². The fourth-order valence-electron chi connectivity index (χ4n) is 1.65. The van der Waals surface area contributed by atoms with E-state index in [0.29, 0.717) is 16.0 Å². The second-order valence-electron chi connectivity index (χ2n) is 4.08. The minimum atomic E-state index is -0.631. The summed E-state index contributed by atoms with van der Waals surface area (Å²) in [6, 6.07) is 9.67. The Morgan fingerprint density at radius 1 is 1.43 bits per heavy atom. The number of pyridine rings is 1. The summed E-state index contributed by atoms with van der Waals surface area (Å²) in [6.07, 6.45) is 1.37. The predicted octanol–water partition coefficient (Wildman–Crippen LogP) is 0.899. The van der Waals surface area contributed by atoms with E-state index in [1.54, 1.807) is 37.4 Å². The number of aromatic nitrogens is 1. The third-order valence-corrected chi connectivity index (χ3v) is 2.75. The van der Waals surface area contributed by atoms with Crippen molar-refractivity contribution in [2.45, 2.75) is 0 Å². The van der Waals surface area contributed by atoms with Gasteiger partial charge in [-0.25, -0.2) is 0 Å². The van der Waals surface area contributed by atoms with Gasteiger partial charge in [0, 0.05) is 6.07 Å². The second-order valence-corrected chi connectivity index (χ2v) is 4.08. The van der Waals surface area contributed by atoms with E-state index in [1.165, 1.54) is 6.21 Å². The number of nitrogens with two attached hydrogens (primary N) is 1. The lowest BCUT2D eigenvalue weighted by Gasteiger charge is -2.05. The minimum Gasteiger partial charge on any atom is -0.497 e. The number of hydrogen-bond donors (Lipinski definition) is 2. The van der Waals surface area contributed by atoms with E-state index in [2.05, 4.69) is 5.10 Å². The number of hydrogen-bond acceptors (Lipinski definition) is 6. The average Bonchev–Trinajstić information content (AvgIpc) is 2.47. The highest BCUT2D eigenvalue weighted by molar-refractivity contribution is 5.79. The molecule has 3 N–H and O–H groups in total. The van der Waals surface area contributed by atoms with Gasteiger partial charge < -0.3 is 15.6 Å². The van der Waals surface area contributed by atoms with Crippen LogP contribution in [0, 0.1) is 11.3 Å². The molecule has 7 nitrogen and oxygen atoms in total. The maximum absolute atomic E-state index is 11.7. The van der Waals surface area contributed by atoms with Crippen molar-refractivity contribution in [1.82, 2.24) is 4.68 Å². The van der Waals surface area contributed by atoms with E-state index in [4.69, 9.17) is 15.7 Å². The summed E-state index contributed by atoms with van der Waals surface area (Å²) in [5.74, 6) is 0.0960. The van der Waals surface area contributed by atoms with Crippen molar-refractivity contribution in [3.63, 3.8) is 0 Å². The van der Waals surface area contributed by atoms with Crippen LogP contribution >= 0.6 is 0 Å². The van der Waals surface area contributed by atoms with Gasteiger partial charge in [0.25, 0.3) is 5.56 Å². The van der Waals surface area contributed by atoms with Crippen LogP contribution in [0.3, 0.4) is 0 Å². The molecule has 0 amide bonds. The minimum absolute atomic E-state index is 0.0871. The Kier molecular flexibility index (Phi) is 3.90. The van der Waals surface area contributed by atoms with Crippen molar-refractivity contribution in [2.24, 2.45) is 5.10 Å². The molecule has 0 bridgehead atoms. The van der Waals surface area contributed by atoms with Gasteiger partial charge in [0.1, 0.15) is 17.4 Å². The SMILES string of the molecule is COc1ccc(/C=N/n2c(O)c(C#N)c(N)cc2=O)cc1. The highest BCUT2D eigenvalue weighted by Gasteiger charge is 2.12. The van der Waals surface area contributed by atoms with Crippen LogP contribution in [-0.4, -0.2) is 23.1 Å². The summed E-state index contributed by atoms with van der Waals surface area (Å²) in [7, 11) is 1.55. The fourth-order valence-corrected chi connectivity index (χ4v) is 1.65. The Balaban J connectivity index is 2.41. The zero-order chi connectivity index (χ0) is 15.4. The van der Waals surface area contributed by atoms with Gasteiger partial charge in [0.2, 0.25) is 5.88 Å². The molecule has 0 aliphatic rings. The molecule has 0 spiro atoms. The molecule has 0 atom stereocenters. The summed E-state index contributed by atoms with van der Waals surface area (Å²) in [6.45, 7) is 0. The van der Waals surface area contributed by atoms with E-state index in [9.17, 15) is 9.90 Å². The van der Waals surface area contributed by atoms with Crippen LogP contribution in [0.5, 0.6) is 11.6 Å². The van der Waals surface area contributed by atoms with Crippen molar-refractivity contribution in [2.75, 3.05) is 12.8 Å². The van der Waals surface area contributed by atoms with Crippen molar-refractivity contribution < 1.29 is 9.84 Å². The summed E-state index contributed by atoms with van der Waals surface area (Å²) in [5, 5.41) is 22.6. The van der Waals surface area contributed by atoms with Gasteiger partial charge in [-0.05, 0) is 29.8 Å². The summed E-state index contributed by atoms with van der Waals surface area (Å²) >= 11 is 0. The van der Waals surface area contributed by atoms with Crippen molar-refractivity contribution in [3.8, 4) is 17.7 Å². The fraction of sp³-hybridized carbons (Fsp3) is 0.0714. The molecular formula is C14H12N4O3. The lowest BCUT2D eigenvalue weighted by molar-refractivity contribution is 0.414. The molecule has 1 heterocycles. The third kappa shape index (κ3) is 2.84. The largest absolute Gasteiger partial charge is 0.497 e. The summed E-state index contributed by atoms with van der Waals surface area (Å²) in [4.78, 5) is 11.7. The Morgan fingerprint density at radius 2 is 2.10 bits per heavy atom. The molecule has 0 unspecified atom stereocenters. The highest BCUT2D eigenvalue weighted by Crippen LogP contribution is 2.19. The van der Waals surface area contributed by atoms with E-state index in [-0.39, 0.29) is 11.3 Å². The van der Waals surface area contributed by atoms with E-state index in [1.807, 2.05) is 0 Å². The molecule has 0 saturated heterocycles. The number of benzene rings is 1. The van der Waals surface area contributed by atoms with E-state index >= 15 is 0 Å². The topological polar surface area (TPSA) is 114 Å². The van der Waals surface area contributed by atoms with Crippen molar-refractivity contribution >= 4 is 11.9 Å². The smallest absolute Gasteiger partial charge is 0.276 e. The van der Waals surface area contributed by atoms with Crippen molar-refractivity contribution in [3.05, 3.63) is 51.8 Å². The molecule has 0 aliphatic heterocycles. The Bertz CT molecular complexity index is 786. The van der Waals surface area contributed by atoms with Crippen molar-refractivity contribution in [1.29, 1.82) is 5.26 Å². The van der Waals surface area contributed by atoms with Gasteiger partial charge in [-0.15, -0.1) is 0 Å². The first-order chi connectivity index (χ1) is 10.1. The summed E-state index contributed by atoms with van der Waals surface area (Å²) in [5.41, 5.74) is 5.26. The van der Waals surface area contributed by atoms with E-state index in [0.717, 1.165) is 6.07 Å². The Labute approximate surface area is 120 Å². The molecule has 106 valence electrons. The zero-order valence-electron chi connectivity index (χ0n) is 11.1. The number of aromatic hydroxyl groups is 1. The van der Waals surface area contributed by atoms with Gasteiger partial charge in [0.15, 0.2) is 0 Å². The molecule has 0 saturated carbocycles. The molecule has 0 radical (unpaired) electrons. The first kappa shape index (κ1) is 14.1. The van der Waals surface area contributed by atoms with Crippen LogP contribution in [0.15, 0.2) is 40.2 Å². The first-order valence-electron chi connectivity index (χ1n) is 5.90. The number of methoxy groups -OCH3 is 1. The average molecular weight is 284 g/mol. The molecule has 1 aromatic heterocycles. The Morgan fingerprint density at radius 3 is 2.67 bits per heavy atom. The number of nitrogen functional groups attached to an aromatic ring is 1. The second kappa shape index (κ2) is 5.79. The first-order valence-corrected chi connectivity index (χ1v) is 5.90. The van der Waals surface area contributed by atoms with Crippen LogP contribution < -0.4 is 16.0 Å². The number of rotatable bonds is 3. The van der Waals surface area contributed by atoms with Crippen LogP contribution in [-0.2, 0) is 0 Å². The quantitative estimate of drug-likeness (QED) is 0.813. The maximum Gasteiger partial charge on any atom is 0.276 e. The lowest BCUT2D eigenvalue weighted by atomic mass is 10.2. The van der Waals surface area contributed by atoms with Gasteiger partial charge >= 0.3 is 0 Å². The molecule has 0 fully saturated rings. The normalized spacial score (nSPS) is 10.5. The highest BCUT2D eigenvalue weighted by atomic mass is 16.5. The molecule has 1 aromatic carbocycles. The van der Waals surface area contributed by atoms with Gasteiger partial charge in [0.05, 0.1) is 19.0 Å².